The van der Waals surface area contributed by atoms with Crippen molar-refractivity contribution < 1.29 is 9.34 Å². The van der Waals surface area contributed by atoms with Gasteiger partial charge in [-0.25, -0.2) is 0 Å². The van der Waals surface area contributed by atoms with Gasteiger partial charge in [0.15, 0.2) is 0 Å². The van der Waals surface area contributed by atoms with E-state index in [1.165, 1.54) is 6.07 Å². The largest absolute Gasteiger partial charge is 0.464 e. The fourth-order valence-corrected chi connectivity index (χ4v) is 2.09. The zero-order valence-corrected chi connectivity index (χ0v) is 9.37. The lowest BCUT2D eigenvalue weighted by atomic mass is 10.0. The van der Waals surface area contributed by atoms with Crippen LogP contribution in [0.3, 0.4) is 0 Å². The van der Waals surface area contributed by atoms with E-state index in [2.05, 4.69) is 0 Å². The fourth-order valence-electron chi connectivity index (χ4n) is 2.09. The molecule has 3 aromatic rings. The molecule has 0 fully saturated rings. The summed E-state index contributed by atoms with van der Waals surface area (Å²) in [5, 5.41) is 12.4. The van der Waals surface area contributed by atoms with E-state index in [-0.39, 0.29) is 10.6 Å². The molecule has 0 atom stereocenters. The average molecular weight is 239 g/mol. The van der Waals surface area contributed by atoms with Crippen molar-refractivity contribution in [3.05, 3.63) is 64.9 Å². The van der Waals surface area contributed by atoms with Crippen molar-refractivity contribution in [2.45, 2.75) is 0 Å². The van der Waals surface area contributed by atoms with E-state index in [0.717, 1.165) is 10.9 Å². The maximum atomic E-state index is 11.0. The number of non-ortho nitro benzene ring substituents is 1. The van der Waals surface area contributed by atoms with Gasteiger partial charge < -0.3 is 4.42 Å². The zero-order chi connectivity index (χ0) is 12.5. The third kappa shape index (κ3) is 1.55. The average Bonchev–Trinajstić information content (AvgIpc) is 2.91. The number of nitrogens with zero attached hydrogens (tertiary/aromatic N) is 1. The minimum atomic E-state index is -0.367. The molecule has 1 aromatic heterocycles. The molecule has 88 valence electrons. The molecule has 0 N–H and O–H groups in total. The van der Waals surface area contributed by atoms with Crippen LogP contribution in [0.25, 0.3) is 22.1 Å². The van der Waals surface area contributed by atoms with Crippen LogP contribution in [-0.4, -0.2) is 4.92 Å². The van der Waals surface area contributed by atoms with Crippen LogP contribution in [0.1, 0.15) is 0 Å². The Morgan fingerprint density at radius 1 is 0.944 bits per heavy atom. The molecule has 0 aliphatic rings. The summed E-state index contributed by atoms with van der Waals surface area (Å²) >= 11 is 0. The summed E-state index contributed by atoms with van der Waals surface area (Å²) in [6.45, 7) is 0. The highest BCUT2D eigenvalue weighted by atomic mass is 16.6. The molecule has 3 rings (SSSR count). The Kier molecular flexibility index (Phi) is 2.34. The predicted octanol–water partition coefficient (Wildman–Crippen LogP) is 4.01. The predicted molar refractivity (Wildman–Crippen MR) is 68.3 cm³/mol. The van der Waals surface area contributed by atoms with Crippen molar-refractivity contribution in [1.29, 1.82) is 0 Å². The number of nitro groups is 1. The third-order valence-electron chi connectivity index (χ3n) is 2.88. The van der Waals surface area contributed by atoms with Crippen molar-refractivity contribution in [3.8, 4) is 11.3 Å². The van der Waals surface area contributed by atoms with Gasteiger partial charge in [0, 0.05) is 11.6 Å². The molecule has 0 amide bonds. The Bertz CT molecular complexity index is 717. The molecule has 0 saturated carbocycles. The van der Waals surface area contributed by atoms with Gasteiger partial charge in [0.2, 0.25) is 0 Å². The Labute approximate surface area is 103 Å². The van der Waals surface area contributed by atoms with Gasteiger partial charge in [-0.3, -0.25) is 10.1 Å². The minimum absolute atomic E-state index is 0.112. The first-order chi connectivity index (χ1) is 8.77. The van der Waals surface area contributed by atoms with Crippen LogP contribution < -0.4 is 0 Å². The number of nitro benzene ring substituents is 1. The topological polar surface area (TPSA) is 56.3 Å². The third-order valence-corrected chi connectivity index (χ3v) is 2.88. The Hall–Kier alpha value is -2.62. The molecule has 0 bridgehead atoms. The molecule has 0 saturated heterocycles. The Balaban J connectivity index is 2.37. The van der Waals surface area contributed by atoms with Gasteiger partial charge in [0.25, 0.3) is 5.69 Å². The SMILES string of the molecule is O=[N+]([O-])c1ccc(-c2ccco2)c2ccccc12. The maximum absolute atomic E-state index is 11.0. The lowest BCUT2D eigenvalue weighted by Crippen LogP contribution is -1.90. The van der Waals surface area contributed by atoms with Crippen LogP contribution in [0.2, 0.25) is 0 Å². The number of benzene rings is 2. The number of hydrogen-bond donors (Lipinski definition) is 0. The number of rotatable bonds is 2. The maximum Gasteiger partial charge on any atom is 0.277 e. The smallest absolute Gasteiger partial charge is 0.277 e. The quantitative estimate of drug-likeness (QED) is 0.501. The first-order valence-corrected chi connectivity index (χ1v) is 5.47. The first kappa shape index (κ1) is 10.5. The highest BCUT2D eigenvalue weighted by molar-refractivity contribution is 6.00. The zero-order valence-electron chi connectivity index (χ0n) is 9.37. The molecule has 0 aliphatic heterocycles. The van der Waals surface area contributed by atoms with Gasteiger partial charge in [-0.05, 0) is 29.7 Å². The number of furan rings is 1. The molecule has 4 heteroatoms. The summed E-state index contributed by atoms with van der Waals surface area (Å²) in [7, 11) is 0. The summed E-state index contributed by atoms with van der Waals surface area (Å²) in [5.74, 6) is 0.709. The fraction of sp³-hybridized carbons (Fsp3) is 0. The van der Waals surface area contributed by atoms with E-state index >= 15 is 0 Å². The van der Waals surface area contributed by atoms with Crippen molar-refractivity contribution in [2.75, 3.05) is 0 Å². The standard InChI is InChI=1S/C14H9NO3/c16-15(17)13-8-7-12(14-6-3-9-18-14)10-4-1-2-5-11(10)13/h1-9H. The normalized spacial score (nSPS) is 10.7. The molecule has 0 unspecified atom stereocenters. The van der Waals surface area contributed by atoms with E-state index in [9.17, 15) is 10.1 Å². The minimum Gasteiger partial charge on any atom is -0.464 e. The lowest BCUT2D eigenvalue weighted by molar-refractivity contribution is -0.383. The molecule has 2 aromatic carbocycles. The summed E-state index contributed by atoms with van der Waals surface area (Å²) < 4.78 is 5.36. The van der Waals surface area contributed by atoms with E-state index in [1.54, 1.807) is 30.5 Å². The Morgan fingerprint density at radius 2 is 1.72 bits per heavy atom. The summed E-state index contributed by atoms with van der Waals surface area (Å²) in [5.41, 5.74) is 0.974. The van der Waals surface area contributed by atoms with Crippen LogP contribution in [0.5, 0.6) is 0 Å². The van der Waals surface area contributed by atoms with Gasteiger partial charge in [-0.15, -0.1) is 0 Å². The van der Waals surface area contributed by atoms with Crippen LogP contribution in [0, 0.1) is 10.1 Å². The Morgan fingerprint density at radius 3 is 2.39 bits per heavy atom. The second-order valence-electron chi connectivity index (χ2n) is 3.91. The molecular weight excluding hydrogens is 230 g/mol. The van der Waals surface area contributed by atoms with E-state index in [1.807, 2.05) is 18.2 Å². The molecule has 4 nitrogen and oxygen atoms in total. The number of fused-ring (bicyclic) bond motifs is 1. The van der Waals surface area contributed by atoms with Gasteiger partial charge >= 0.3 is 0 Å². The van der Waals surface area contributed by atoms with Crippen LogP contribution in [-0.2, 0) is 0 Å². The van der Waals surface area contributed by atoms with Gasteiger partial charge in [0.05, 0.1) is 16.6 Å². The molecule has 0 aliphatic carbocycles. The molecule has 1 heterocycles. The lowest BCUT2D eigenvalue weighted by Gasteiger charge is -2.04. The van der Waals surface area contributed by atoms with Crippen LogP contribution in [0.15, 0.2) is 59.2 Å². The second kappa shape index (κ2) is 4.00. The highest BCUT2D eigenvalue weighted by Gasteiger charge is 2.15. The summed E-state index contributed by atoms with van der Waals surface area (Å²) in [4.78, 5) is 10.6. The monoisotopic (exact) mass is 239 g/mol. The number of hydrogen-bond acceptors (Lipinski definition) is 3. The van der Waals surface area contributed by atoms with E-state index in [0.29, 0.717) is 11.1 Å². The molecule has 0 spiro atoms. The molecule has 18 heavy (non-hydrogen) atoms. The summed E-state index contributed by atoms with van der Waals surface area (Å²) in [6.07, 6.45) is 1.59. The van der Waals surface area contributed by atoms with Crippen molar-refractivity contribution in [1.82, 2.24) is 0 Å². The van der Waals surface area contributed by atoms with Gasteiger partial charge in [0.1, 0.15) is 5.76 Å². The first-order valence-electron chi connectivity index (χ1n) is 5.47. The second-order valence-corrected chi connectivity index (χ2v) is 3.91. The van der Waals surface area contributed by atoms with Crippen LogP contribution >= 0.6 is 0 Å². The van der Waals surface area contributed by atoms with E-state index in [4.69, 9.17) is 4.42 Å². The van der Waals surface area contributed by atoms with Crippen molar-refractivity contribution >= 4 is 16.5 Å². The van der Waals surface area contributed by atoms with Gasteiger partial charge in [-0.2, -0.15) is 0 Å². The molecular formula is C14H9NO3. The van der Waals surface area contributed by atoms with Crippen LogP contribution in [0.4, 0.5) is 5.69 Å². The summed E-state index contributed by atoms with van der Waals surface area (Å²) in [6, 6.07) is 14.1. The van der Waals surface area contributed by atoms with Crippen molar-refractivity contribution in [3.63, 3.8) is 0 Å². The highest BCUT2D eigenvalue weighted by Crippen LogP contribution is 2.34. The van der Waals surface area contributed by atoms with Gasteiger partial charge in [-0.1, -0.05) is 18.2 Å². The van der Waals surface area contributed by atoms with E-state index < -0.39 is 0 Å². The van der Waals surface area contributed by atoms with Crippen molar-refractivity contribution in [2.24, 2.45) is 0 Å². The molecule has 0 radical (unpaired) electrons.